The van der Waals surface area contributed by atoms with Crippen LogP contribution in [0.5, 0.6) is 5.88 Å². The van der Waals surface area contributed by atoms with Gasteiger partial charge >= 0.3 is 12.4 Å². The van der Waals surface area contributed by atoms with Gasteiger partial charge in [0.25, 0.3) is 0 Å². The first-order valence-corrected chi connectivity index (χ1v) is 7.56. The molecule has 0 unspecified atom stereocenters. The lowest BCUT2D eigenvalue weighted by Crippen LogP contribution is -2.24. The molecular weight excluding hydrogens is 388 g/mol. The number of benzene rings is 1. The van der Waals surface area contributed by atoms with E-state index >= 15 is 0 Å². The number of ether oxygens (including phenoxy) is 1. The molecule has 4 nitrogen and oxygen atoms in total. The van der Waals surface area contributed by atoms with Gasteiger partial charge in [-0.2, -0.15) is 31.3 Å². The van der Waals surface area contributed by atoms with Crippen molar-refractivity contribution in [2.45, 2.75) is 19.3 Å². The molecule has 26 heavy (non-hydrogen) atoms. The van der Waals surface area contributed by atoms with Gasteiger partial charge in [-0.25, -0.2) is 4.98 Å². The van der Waals surface area contributed by atoms with Crippen molar-refractivity contribution < 1.29 is 31.1 Å². The SMILES string of the molecule is CCN(c1ccc(Cl)cc1)c1ncc(C(F)(F)F)c(OCC(F)(F)F)n1. The molecule has 2 aromatic rings. The number of anilines is 2. The third kappa shape index (κ3) is 5.13. The van der Waals surface area contributed by atoms with Gasteiger partial charge in [0.1, 0.15) is 5.56 Å². The summed E-state index contributed by atoms with van der Waals surface area (Å²) in [6, 6.07) is 6.24. The first-order chi connectivity index (χ1) is 12.0. The van der Waals surface area contributed by atoms with Crippen LogP contribution in [0.1, 0.15) is 12.5 Å². The van der Waals surface area contributed by atoms with E-state index in [4.69, 9.17) is 11.6 Å². The Morgan fingerprint density at radius 3 is 2.19 bits per heavy atom. The summed E-state index contributed by atoms with van der Waals surface area (Å²) >= 11 is 5.78. The third-order valence-electron chi connectivity index (χ3n) is 3.11. The number of hydrogen-bond donors (Lipinski definition) is 0. The van der Waals surface area contributed by atoms with Gasteiger partial charge in [-0.1, -0.05) is 11.6 Å². The summed E-state index contributed by atoms with van der Waals surface area (Å²) in [6.45, 7) is 0.0111. The van der Waals surface area contributed by atoms with Crippen molar-refractivity contribution in [1.29, 1.82) is 0 Å². The molecule has 0 radical (unpaired) electrons. The number of rotatable bonds is 5. The molecule has 0 spiro atoms. The smallest absolute Gasteiger partial charge is 0.423 e. The number of hydrogen-bond acceptors (Lipinski definition) is 4. The molecule has 142 valence electrons. The number of nitrogens with zero attached hydrogens (tertiary/aromatic N) is 3. The topological polar surface area (TPSA) is 38.2 Å². The van der Waals surface area contributed by atoms with Gasteiger partial charge in [-0.3, -0.25) is 0 Å². The fraction of sp³-hybridized carbons (Fsp3) is 0.333. The van der Waals surface area contributed by atoms with Crippen molar-refractivity contribution in [3.05, 3.63) is 41.0 Å². The van der Waals surface area contributed by atoms with Crippen LogP contribution in [0.25, 0.3) is 0 Å². The van der Waals surface area contributed by atoms with Crippen LogP contribution in [0, 0.1) is 0 Å². The van der Waals surface area contributed by atoms with Crippen LogP contribution in [0.15, 0.2) is 30.5 Å². The molecule has 1 heterocycles. The van der Waals surface area contributed by atoms with Crippen molar-refractivity contribution >= 4 is 23.2 Å². The standard InChI is InChI=1S/C15H12ClF6N3O/c1-2-25(10-5-3-9(16)4-6-10)13-23-7-11(15(20,21)22)12(24-13)26-8-14(17,18)19/h3-7H,2,8H2,1H3. The summed E-state index contributed by atoms with van der Waals surface area (Å²) in [5, 5.41) is 0.437. The quantitative estimate of drug-likeness (QED) is 0.644. The molecule has 0 saturated heterocycles. The maximum Gasteiger partial charge on any atom is 0.423 e. The molecular formula is C15H12ClF6N3O. The molecule has 11 heteroatoms. The highest BCUT2D eigenvalue weighted by molar-refractivity contribution is 6.30. The zero-order valence-corrected chi connectivity index (χ0v) is 14.0. The maximum absolute atomic E-state index is 13.0. The molecule has 0 aliphatic carbocycles. The summed E-state index contributed by atoms with van der Waals surface area (Å²) < 4.78 is 80.2. The largest absolute Gasteiger partial charge is 0.467 e. The van der Waals surface area contributed by atoms with E-state index in [2.05, 4.69) is 14.7 Å². The van der Waals surface area contributed by atoms with Crippen molar-refractivity contribution in [1.82, 2.24) is 9.97 Å². The second-order valence-electron chi connectivity index (χ2n) is 5.01. The normalized spacial score (nSPS) is 12.2. The molecule has 2 rings (SSSR count). The van der Waals surface area contributed by atoms with E-state index in [-0.39, 0.29) is 12.5 Å². The summed E-state index contributed by atoms with van der Waals surface area (Å²) in [5.74, 6) is -1.42. The highest BCUT2D eigenvalue weighted by Gasteiger charge is 2.38. The maximum atomic E-state index is 13.0. The Bertz CT molecular complexity index is 749. The molecule has 0 bridgehead atoms. The van der Waals surface area contributed by atoms with Gasteiger partial charge in [0.15, 0.2) is 6.61 Å². The minimum atomic E-state index is -4.96. The van der Waals surface area contributed by atoms with Gasteiger partial charge < -0.3 is 9.64 Å². The van der Waals surface area contributed by atoms with Gasteiger partial charge in [-0.05, 0) is 31.2 Å². The fourth-order valence-electron chi connectivity index (χ4n) is 2.00. The molecule has 0 saturated carbocycles. The highest BCUT2D eigenvalue weighted by atomic mass is 35.5. The van der Waals surface area contributed by atoms with Crippen LogP contribution >= 0.6 is 11.6 Å². The summed E-state index contributed by atoms with van der Waals surface area (Å²) in [4.78, 5) is 8.57. The lowest BCUT2D eigenvalue weighted by molar-refractivity contribution is -0.159. The predicted molar refractivity (Wildman–Crippen MR) is 82.7 cm³/mol. The molecule has 1 aromatic heterocycles. The van der Waals surface area contributed by atoms with E-state index in [1.165, 1.54) is 4.90 Å². The van der Waals surface area contributed by atoms with E-state index in [0.29, 0.717) is 16.9 Å². The average Bonchev–Trinajstić information content (AvgIpc) is 2.54. The zero-order valence-electron chi connectivity index (χ0n) is 13.2. The highest BCUT2D eigenvalue weighted by Crippen LogP contribution is 2.36. The fourth-order valence-corrected chi connectivity index (χ4v) is 2.13. The van der Waals surface area contributed by atoms with Gasteiger partial charge in [0.2, 0.25) is 11.8 Å². The minimum Gasteiger partial charge on any atom is -0.467 e. The second kappa shape index (κ2) is 7.56. The average molecular weight is 400 g/mol. The van der Waals surface area contributed by atoms with Crippen LogP contribution in [-0.4, -0.2) is 29.3 Å². The first-order valence-electron chi connectivity index (χ1n) is 7.18. The predicted octanol–water partition coefficient (Wildman–Crippen LogP) is 5.25. The number of aromatic nitrogens is 2. The molecule has 0 aliphatic rings. The molecule has 0 atom stereocenters. The Kier molecular flexibility index (Phi) is 5.84. The number of halogens is 7. The number of alkyl halides is 6. The second-order valence-corrected chi connectivity index (χ2v) is 5.45. The lowest BCUT2D eigenvalue weighted by atomic mass is 10.3. The van der Waals surface area contributed by atoms with E-state index in [1.54, 1.807) is 31.2 Å². The Morgan fingerprint density at radius 1 is 1.08 bits per heavy atom. The minimum absolute atomic E-state index is 0.236. The van der Waals surface area contributed by atoms with Crippen LogP contribution in [-0.2, 0) is 6.18 Å². The van der Waals surface area contributed by atoms with Crippen LogP contribution in [0.4, 0.5) is 38.0 Å². The van der Waals surface area contributed by atoms with Crippen LogP contribution in [0.3, 0.4) is 0 Å². The molecule has 0 fully saturated rings. The molecule has 0 aliphatic heterocycles. The van der Waals surface area contributed by atoms with E-state index < -0.39 is 30.4 Å². The van der Waals surface area contributed by atoms with Crippen LogP contribution < -0.4 is 9.64 Å². The van der Waals surface area contributed by atoms with Crippen molar-refractivity contribution in [3.63, 3.8) is 0 Å². The van der Waals surface area contributed by atoms with Gasteiger partial charge in [-0.15, -0.1) is 0 Å². The molecule has 0 N–H and O–H groups in total. The van der Waals surface area contributed by atoms with E-state index in [1.807, 2.05) is 0 Å². The lowest BCUT2D eigenvalue weighted by Gasteiger charge is -2.22. The Morgan fingerprint density at radius 2 is 1.69 bits per heavy atom. The zero-order chi connectivity index (χ0) is 19.5. The molecule has 0 amide bonds. The van der Waals surface area contributed by atoms with Gasteiger partial charge in [0, 0.05) is 23.5 Å². The molecule has 1 aromatic carbocycles. The van der Waals surface area contributed by atoms with Crippen molar-refractivity contribution in [2.75, 3.05) is 18.1 Å². The van der Waals surface area contributed by atoms with Crippen LogP contribution in [0.2, 0.25) is 5.02 Å². The Labute approximate surface area is 149 Å². The summed E-state index contributed by atoms with van der Waals surface area (Å²) in [7, 11) is 0. The van der Waals surface area contributed by atoms with Crippen molar-refractivity contribution in [2.24, 2.45) is 0 Å². The van der Waals surface area contributed by atoms with E-state index in [0.717, 1.165) is 0 Å². The summed E-state index contributed by atoms with van der Waals surface area (Å²) in [5.41, 5.74) is -0.990. The summed E-state index contributed by atoms with van der Waals surface area (Å²) in [6.07, 6.45) is -9.38. The first kappa shape index (κ1) is 20.1. The third-order valence-corrected chi connectivity index (χ3v) is 3.37. The Hall–Kier alpha value is -2.23. The van der Waals surface area contributed by atoms with Gasteiger partial charge in [0.05, 0.1) is 0 Å². The van der Waals surface area contributed by atoms with E-state index in [9.17, 15) is 26.3 Å². The van der Waals surface area contributed by atoms with Crippen molar-refractivity contribution in [3.8, 4) is 5.88 Å². The Balaban J connectivity index is 2.43. The monoisotopic (exact) mass is 399 g/mol.